The number of aromatic nitrogens is 1. The zero-order valence-electron chi connectivity index (χ0n) is 16.0. The number of benzene rings is 2. The van der Waals surface area contributed by atoms with Crippen LogP contribution in [0.5, 0.6) is 0 Å². The Morgan fingerprint density at radius 3 is 2.68 bits per heavy atom. The second-order valence-electron chi connectivity index (χ2n) is 7.65. The van der Waals surface area contributed by atoms with Crippen molar-refractivity contribution in [3.8, 4) is 0 Å². The summed E-state index contributed by atoms with van der Waals surface area (Å²) in [6.45, 7) is 3.64. The number of aromatic amines is 1. The van der Waals surface area contributed by atoms with Gasteiger partial charge in [-0.2, -0.15) is 0 Å². The van der Waals surface area contributed by atoms with Crippen LogP contribution >= 0.6 is 0 Å². The molecule has 0 unspecified atom stereocenters. The maximum Gasteiger partial charge on any atom is 0.267 e. The van der Waals surface area contributed by atoms with Crippen molar-refractivity contribution < 1.29 is 9.18 Å². The van der Waals surface area contributed by atoms with Gasteiger partial charge in [0, 0.05) is 24.0 Å². The molecule has 0 atom stereocenters. The van der Waals surface area contributed by atoms with Crippen molar-refractivity contribution in [1.29, 1.82) is 0 Å². The molecule has 2 heterocycles. The van der Waals surface area contributed by atoms with Gasteiger partial charge in [0.25, 0.3) is 5.91 Å². The third kappa shape index (κ3) is 4.60. The highest BCUT2D eigenvalue weighted by atomic mass is 19.1. The number of hydrogen-bond acceptors (Lipinski definition) is 2. The number of H-pyrrole nitrogens is 1. The summed E-state index contributed by atoms with van der Waals surface area (Å²) in [6, 6.07) is 16.9. The van der Waals surface area contributed by atoms with Gasteiger partial charge in [-0.1, -0.05) is 30.3 Å². The number of nitrogens with zero attached hydrogens (tertiary/aromatic N) is 1. The van der Waals surface area contributed by atoms with E-state index in [2.05, 4.69) is 45.5 Å². The van der Waals surface area contributed by atoms with Crippen LogP contribution in [0, 0.1) is 11.7 Å². The third-order valence-corrected chi connectivity index (χ3v) is 5.62. The summed E-state index contributed by atoms with van der Waals surface area (Å²) in [5, 5.41) is 3.68. The van der Waals surface area contributed by atoms with E-state index in [1.165, 1.54) is 30.5 Å². The third-order valence-electron chi connectivity index (χ3n) is 5.62. The van der Waals surface area contributed by atoms with E-state index in [0.717, 1.165) is 37.5 Å². The second kappa shape index (κ2) is 8.57. The van der Waals surface area contributed by atoms with Crippen LogP contribution in [0.1, 0.15) is 28.9 Å². The number of hydrogen-bond donors (Lipinski definition) is 2. The van der Waals surface area contributed by atoms with E-state index in [0.29, 0.717) is 17.6 Å². The fourth-order valence-corrected chi connectivity index (χ4v) is 4.01. The predicted molar refractivity (Wildman–Crippen MR) is 110 cm³/mol. The average Bonchev–Trinajstić information content (AvgIpc) is 3.13. The van der Waals surface area contributed by atoms with Gasteiger partial charge < -0.3 is 15.2 Å². The van der Waals surface area contributed by atoms with Crippen molar-refractivity contribution in [3.63, 3.8) is 0 Å². The van der Waals surface area contributed by atoms with Gasteiger partial charge >= 0.3 is 0 Å². The molecule has 28 heavy (non-hydrogen) atoms. The zero-order valence-corrected chi connectivity index (χ0v) is 16.0. The van der Waals surface area contributed by atoms with E-state index >= 15 is 0 Å². The van der Waals surface area contributed by atoms with Gasteiger partial charge in [-0.05, 0) is 68.1 Å². The molecule has 4 nitrogen and oxygen atoms in total. The smallest absolute Gasteiger partial charge is 0.267 e. The number of rotatable bonds is 6. The first-order valence-electron chi connectivity index (χ1n) is 10.00. The van der Waals surface area contributed by atoms with Crippen molar-refractivity contribution in [2.45, 2.75) is 19.3 Å². The van der Waals surface area contributed by atoms with Crippen LogP contribution in [0.4, 0.5) is 4.39 Å². The molecule has 4 rings (SSSR count). The molecule has 1 fully saturated rings. The number of amides is 1. The number of carbonyl (C=O) groups is 1. The minimum Gasteiger partial charge on any atom is -0.351 e. The number of halogens is 1. The summed E-state index contributed by atoms with van der Waals surface area (Å²) >= 11 is 0. The number of nitrogens with one attached hydrogen (secondary N) is 2. The molecular weight excluding hydrogens is 353 g/mol. The molecule has 3 aromatic rings. The molecule has 146 valence electrons. The number of likely N-dealkylation sites (tertiary alicyclic amines) is 1. The Bertz CT molecular complexity index is 929. The largest absolute Gasteiger partial charge is 0.351 e. The van der Waals surface area contributed by atoms with E-state index in [-0.39, 0.29) is 11.7 Å². The Kier molecular flexibility index (Phi) is 5.72. The van der Waals surface area contributed by atoms with E-state index in [1.807, 2.05) is 0 Å². The SMILES string of the molecule is O=C(NCCN1CCC(Cc2ccccc2)CC1)c1cc2cc(F)ccc2[nH]1. The summed E-state index contributed by atoms with van der Waals surface area (Å²) < 4.78 is 13.3. The molecule has 0 aliphatic carbocycles. The normalized spacial score (nSPS) is 15.8. The molecule has 0 radical (unpaired) electrons. The Balaban J connectivity index is 1.20. The van der Waals surface area contributed by atoms with Crippen molar-refractivity contribution in [3.05, 3.63) is 71.7 Å². The van der Waals surface area contributed by atoms with Crippen LogP contribution < -0.4 is 5.32 Å². The molecule has 2 aromatic carbocycles. The lowest BCUT2D eigenvalue weighted by molar-refractivity contribution is 0.0940. The fraction of sp³-hybridized carbons (Fsp3) is 0.348. The highest BCUT2D eigenvalue weighted by molar-refractivity contribution is 5.97. The van der Waals surface area contributed by atoms with E-state index < -0.39 is 0 Å². The molecule has 1 saturated heterocycles. The fourth-order valence-electron chi connectivity index (χ4n) is 4.01. The van der Waals surface area contributed by atoms with Crippen LogP contribution in [0.3, 0.4) is 0 Å². The van der Waals surface area contributed by atoms with Gasteiger partial charge in [0.2, 0.25) is 0 Å². The van der Waals surface area contributed by atoms with E-state index in [1.54, 1.807) is 12.1 Å². The predicted octanol–water partition coefficient (Wildman–Crippen LogP) is 3.99. The summed E-state index contributed by atoms with van der Waals surface area (Å²) in [5.41, 5.74) is 2.67. The van der Waals surface area contributed by atoms with Gasteiger partial charge in [-0.25, -0.2) is 4.39 Å². The molecule has 2 N–H and O–H groups in total. The van der Waals surface area contributed by atoms with E-state index in [4.69, 9.17) is 0 Å². The number of piperidine rings is 1. The van der Waals surface area contributed by atoms with Gasteiger partial charge in [0.1, 0.15) is 11.5 Å². The molecule has 1 amide bonds. The lowest BCUT2D eigenvalue weighted by atomic mass is 9.90. The number of fused-ring (bicyclic) bond motifs is 1. The molecule has 0 spiro atoms. The quantitative estimate of drug-likeness (QED) is 0.680. The second-order valence-corrected chi connectivity index (χ2v) is 7.65. The van der Waals surface area contributed by atoms with Crippen molar-refractivity contribution in [1.82, 2.24) is 15.2 Å². The first-order chi connectivity index (χ1) is 13.7. The highest BCUT2D eigenvalue weighted by Crippen LogP contribution is 2.21. The first-order valence-corrected chi connectivity index (χ1v) is 10.00. The molecule has 0 saturated carbocycles. The summed E-state index contributed by atoms with van der Waals surface area (Å²) in [6.07, 6.45) is 3.57. The van der Waals surface area contributed by atoms with Gasteiger partial charge in [0.15, 0.2) is 0 Å². The Hall–Kier alpha value is -2.66. The highest BCUT2D eigenvalue weighted by Gasteiger charge is 2.19. The van der Waals surface area contributed by atoms with Crippen molar-refractivity contribution in [2.24, 2.45) is 5.92 Å². The monoisotopic (exact) mass is 379 g/mol. The molecule has 5 heteroatoms. The lowest BCUT2D eigenvalue weighted by Gasteiger charge is -2.32. The van der Waals surface area contributed by atoms with Crippen LogP contribution in [-0.2, 0) is 6.42 Å². The van der Waals surface area contributed by atoms with Crippen LogP contribution in [-0.4, -0.2) is 42.0 Å². The molecule has 1 aliphatic heterocycles. The van der Waals surface area contributed by atoms with Crippen LogP contribution in [0.25, 0.3) is 10.9 Å². The van der Waals surface area contributed by atoms with Gasteiger partial charge in [-0.15, -0.1) is 0 Å². The van der Waals surface area contributed by atoms with Crippen LogP contribution in [0.2, 0.25) is 0 Å². The van der Waals surface area contributed by atoms with Gasteiger partial charge in [-0.3, -0.25) is 4.79 Å². The van der Waals surface area contributed by atoms with E-state index in [9.17, 15) is 9.18 Å². The summed E-state index contributed by atoms with van der Waals surface area (Å²) in [7, 11) is 0. The van der Waals surface area contributed by atoms with Crippen LogP contribution in [0.15, 0.2) is 54.6 Å². The molecule has 1 aromatic heterocycles. The maximum absolute atomic E-state index is 13.3. The Morgan fingerprint density at radius 1 is 1.11 bits per heavy atom. The standard InChI is InChI=1S/C23H26FN3O/c24-20-6-7-21-19(15-20)16-22(26-21)23(28)25-10-13-27-11-8-18(9-12-27)14-17-4-2-1-3-5-17/h1-7,15-16,18,26H,8-14H2,(H,25,28). The maximum atomic E-state index is 13.3. The van der Waals surface area contributed by atoms with Crippen molar-refractivity contribution >= 4 is 16.8 Å². The average molecular weight is 379 g/mol. The molecule has 1 aliphatic rings. The lowest BCUT2D eigenvalue weighted by Crippen LogP contribution is -2.40. The minimum absolute atomic E-state index is 0.143. The zero-order chi connectivity index (χ0) is 19.3. The molecule has 0 bridgehead atoms. The Labute approximate surface area is 164 Å². The Morgan fingerprint density at radius 2 is 1.89 bits per heavy atom. The topological polar surface area (TPSA) is 48.1 Å². The summed E-state index contributed by atoms with van der Waals surface area (Å²) in [5.74, 6) is 0.310. The van der Waals surface area contributed by atoms with Crippen molar-refractivity contribution in [2.75, 3.05) is 26.2 Å². The molecular formula is C23H26FN3O. The first kappa shape index (κ1) is 18.7. The number of carbonyl (C=O) groups excluding carboxylic acids is 1. The van der Waals surface area contributed by atoms with Gasteiger partial charge in [0.05, 0.1) is 0 Å². The minimum atomic E-state index is -0.297. The summed E-state index contributed by atoms with van der Waals surface area (Å²) in [4.78, 5) is 17.8.